The smallest absolute Gasteiger partial charge is 0.251 e. The highest BCUT2D eigenvalue weighted by Gasteiger charge is 2.26. The van der Waals surface area contributed by atoms with Gasteiger partial charge < -0.3 is 10.1 Å². The van der Waals surface area contributed by atoms with E-state index >= 15 is 0 Å². The van der Waals surface area contributed by atoms with Gasteiger partial charge in [-0.05, 0) is 42.2 Å². The number of nitrogens with one attached hydrogen (secondary N) is 1. The van der Waals surface area contributed by atoms with E-state index in [1.165, 1.54) is 4.31 Å². The van der Waals surface area contributed by atoms with Crippen molar-refractivity contribution in [3.8, 4) is 0 Å². The van der Waals surface area contributed by atoms with Crippen molar-refractivity contribution in [1.82, 2.24) is 9.62 Å². The van der Waals surface area contributed by atoms with Gasteiger partial charge in [-0.15, -0.1) is 0 Å². The van der Waals surface area contributed by atoms with Crippen LogP contribution in [0.3, 0.4) is 0 Å². The van der Waals surface area contributed by atoms with E-state index in [1.54, 1.807) is 37.4 Å². The summed E-state index contributed by atoms with van der Waals surface area (Å²) in [6.07, 6.45) is 1.82. The van der Waals surface area contributed by atoms with Crippen molar-refractivity contribution in [2.24, 2.45) is 0 Å². The molecule has 1 aliphatic heterocycles. The molecule has 0 spiro atoms. The Kier molecular flexibility index (Phi) is 6.26. The molecule has 7 heteroatoms. The van der Waals surface area contributed by atoms with Gasteiger partial charge in [0.2, 0.25) is 10.0 Å². The molecule has 0 aliphatic carbocycles. The number of amides is 1. The predicted molar refractivity (Wildman–Crippen MR) is 103 cm³/mol. The lowest BCUT2D eigenvalue weighted by Crippen LogP contribution is -2.28. The number of sulfonamides is 1. The zero-order valence-corrected chi connectivity index (χ0v) is 16.2. The maximum atomic E-state index is 12.5. The minimum absolute atomic E-state index is 0.184. The molecular formula is C20H24N2O4S. The van der Waals surface area contributed by atoms with Crippen molar-refractivity contribution >= 4 is 15.9 Å². The SMILES string of the molecule is COCc1ccccc1C(=O)NCc1ccc(S(=O)(=O)N2CCCC2)cc1. The van der Waals surface area contributed by atoms with Crippen molar-refractivity contribution < 1.29 is 17.9 Å². The summed E-state index contributed by atoms with van der Waals surface area (Å²) in [5, 5.41) is 2.87. The number of hydrogen-bond donors (Lipinski definition) is 1. The van der Waals surface area contributed by atoms with Gasteiger partial charge in [-0.2, -0.15) is 4.31 Å². The third-order valence-electron chi connectivity index (χ3n) is 4.64. The lowest BCUT2D eigenvalue weighted by molar-refractivity contribution is 0.0946. The van der Waals surface area contributed by atoms with Crippen LogP contribution in [-0.2, 0) is 27.9 Å². The van der Waals surface area contributed by atoms with Crippen LogP contribution in [0.15, 0.2) is 53.4 Å². The van der Waals surface area contributed by atoms with Gasteiger partial charge in [0.15, 0.2) is 0 Å². The summed E-state index contributed by atoms with van der Waals surface area (Å²) in [4.78, 5) is 12.7. The number of nitrogens with zero attached hydrogens (tertiary/aromatic N) is 1. The first-order chi connectivity index (χ1) is 13.0. The zero-order valence-electron chi connectivity index (χ0n) is 15.3. The summed E-state index contributed by atoms with van der Waals surface area (Å²) in [7, 11) is -1.82. The Morgan fingerprint density at radius 3 is 2.41 bits per heavy atom. The molecule has 2 aromatic rings. The van der Waals surface area contributed by atoms with E-state index < -0.39 is 10.0 Å². The molecule has 1 amide bonds. The molecule has 6 nitrogen and oxygen atoms in total. The number of carbonyl (C=O) groups excluding carboxylic acids is 1. The molecule has 3 rings (SSSR count). The van der Waals surface area contributed by atoms with E-state index in [1.807, 2.05) is 18.2 Å². The average molecular weight is 388 g/mol. The summed E-state index contributed by atoms with van der Waals surface area (Å²) in [5.74, 6) is -0.184. The average Bonchev–Trinajstić information content (AvgIpc) is 3.23. The van der Waals surface area contributed by atoms with Crippen molar-refractivity contribution in [2.45, 2.75) is 30.9 Å². The van der Waals surface area contributed by atoms with E-state index in [0.717, 1.165) is 24.0 Å². The number of methoxy groups -OCH3 is 1. The standard InChI is InChI=1S/C20H24N2O4S/c1-26-15-17-6-2-3-7-19(17)20(23)21-14-16-8-10-18(11-9-16)27(24,25)22-12-4-5-13-22/h2-3,6-11H,4-5,12-15H2,1H3,(H,21,23). The number of benzene rings is 2. The zero-order chi connectivity index (χ0) is 19.3. The van der Waals surface area contributed by atoms with Crippen LogP contribution in [0.5, 0.6) is 0 Å². The molecule has 2 aromatic carbocycles. The first-order valence-corrected chi connectivity index (χ1v) is 10.4. The molecule has 0 bridgehead atoms. The summed E-state index contributed by atoms with van der Waals surface area (Å²) in [5.41, 5.74) is 2.24. The molecule has 1 N–H and O–H groups in total. The number of rotatable bonds is 7. The van der Waals surface area contributed by atoms with Gasteiger partial charge in [-0.25, -0.2) is 8.42 Å². The first kappa shape index (κ1) is 19.5. The van der Waals surface area contributed by atoms with Crippen LogP contribution in [-0.4, -0.2) is 38.8 Å². The van der Waals surface area contributed by atoms with Crippen LogP contribution >= 0.6 is 0 Å². The van der Waals surface area contributed by atoms with E-state index in [9.17, 15) is 13.2 Å². The highest BCUT2D eigenvalue weighted by atomic mass is 32.2. The number of ether oxygens (including phenoxy) is 1. The molecule has 1 saturated heterocycles. The first-order valence-electron chi connectivity index (χ1n) is 8.96. The quantitative estimate of drug-likeness (QED) is 0.791. The van der Waals surface area contributed by atoms with Crippen molar-refractivity contribution in [2.75, 3.05) is 20.2 Å². The minimum atomic E-state index is -3.41. The van der Waals surface area contributed by atoms with Gasteiger partial charge >= 0.3 is 0 Å². The van der Waals surface area contributed by atoms with Crippen LogP contribution < -0.4 is 5.32 Å². The van der Waals surface area contributed by atoms with Gasteiger partial charge in [-0.3, -0.25) is 4.79 Å². The van der Waals surface area contributed by atoms with E-state index in [0.29, 0.717) is 36.7 Å². The number of carbonyl (C=O) groups is 1. The predicted octanol–water partition coefficient (Wildman–Crippen LogP) is 2.55. The van der Waals surface area contributed by atoms with Gasteiger partial charge in [0.25, 0.3) is 5.91 Å². The third-order valence-corrected chi connectivity index (χ3v) is 6.55. The molecule has 1 fully saturated rings. The molecule has 0 radical (unpaired) electrons. The number of hydrogen-bond acceptors (Lipinski definition) is 4. The molecule has 1 heterocycles. The fraction of sp³-hybridized carbons (Fsp3) is 0.350. The Morgan fingerprint density at radius 1 is 1.07 bits per heavy atom. The fourth-order valence-electron chi connectivity index (χ4n) is 3.16. The van der Waals surface area contributed by atoms with Crippen LogP contribution in [0, 0.1) is 0 Å². The lowest BCUT2D eigenvalue weighted by atomic mass is 10.1. The molecule has 0 aromatic heterocycles. The largest absolute Gasteiger partial charge is 0.380 e. The Hall–Kier alpha value is -2.22. The van der Waals surface area contributed by atoms with Gasteiger partial charge in [0.05, 0.1) is 11.5 Å². The van der Waals surface area contributed by atoms with Crippen molar-refractivity contribution in [1.29, 1.82) is 0 Å². The minimum Gasteiger partial charge on any atom is -0.380 e. The van der Waals surface area contributed by atoms with Crippen LogP contribution in [0.4, 0.5) is 0 Å². The van der Waals surface area contributed by atoms with E-state index in [2.05, 4.69) is 5.32 Å². The van der Waals surface area contributed by atoms with Gasteiger partial charge in [0, 0.05) is 32.3 Å². The van der Waals surface area contributed by atoms with Crippen LogP contribution in [0.1, 0.15) is 34.3 Å². The fourth-order valence-corrected chi connectivity index (χ4v) is 4.67. The molecular weight excluding hydrogens is 364 g/mol. The monoisotopic (exact) mass is 388 g/mol. The third kappa shape index (κ3) is 4.55. The molecule has 27 heavy (non-hydrogen) atoms. The molecule has 0 saturated carbocycles. The summed E-state index contributed by atoms with van der Waals surface area (Å²) in [6, 6.07) is 14.0. The van der Waals surface area contributed by atoms with Crippen LogP contribution in [0.25, 0.3) is 0 Å². The topological polar surface area (TPSA) is 75.7 Å². The van der Waals surface area contributed by atoms with Crippen LogP contribution in [0.2, 0.25) is 0 Å². The molecule has 144 valence electrons. The van der Waals surface area contributed by atoms with E-state index in [-0.39, 0.29) is 5.91 Å². The highest BCUT2D eigenvalue weighted by molar-refractivity contribution is 7.89. The summed E-state index contributed by atoms with van der Waals surface area (Å²) in [6.45, 7) is 1.86. The molecule has 0 unspecified atom stereocenters. The Bertz CT molecular complexity index is 888. The van der Waals surface area contributed by atoms with Crippen molar-refractivity contribution in [3.05, 3.63) is 65.2 Å². The lowest BCUT2D eigenvalue weighted by Gasteiger charge is -2.15. The Morgan fingerprint density at radius 2 is 1.74 bits per heavy atom. The summed E-state index contributed by atoms with van der Waals surface area (Å²) < 4.78 is 31.7. The maximum Gasteiger partial charge on any atom is 0.251 e. The second kappa shape index (κ2) is 8.65. The molecule has 0 atom stereocenters. The van der Waals surface area contributed by atoms with Gasteiger partial charge in [0.1, 0.15) is 0 Å². The summed E-state index contributed by atoms with van der Waals surface area (Å²) >= 11 is 0. The maximum absolute atomic E-state index is 12.5. The van der Waals surface area contributed by atoms with E-state index in [4.69, 9.17) is 4.74 Å². The second-order valence-electron chi connectivity index (χ2n) is 6.53. The second-order valence-corrected chi connectivity index (χ2v) is 8.47. The van der Waals surface area contributed by atoms with Gasteiger partial charge in [-0.1, -0.05) is 30.3 Å². The molecule has 1 aliphatic rings. The van der Waals surface area contributed by atoms with Crippen molar-refractivity contribution in [3.63, 3.8) is 0 Å². The Balaban J connectivity index is 1.64. The highest BCUT2D eigenvalue weighted by Crippen LogP contribution is 2.21. The normalized spacial score (nSPS) is 15.0. The Labute approximate surface area is 160 Å².